The van der Waals surface area contributed by atoms with E-state index in [4.69, 9.17) is 21.1 Å². The first-order valence-electron chi connectivity index (χ1n) is 8.63. The molecule has 1 saturated heterocycles. The van der Waals surface area contributed by atoms with Crippen molar-refractivity contribution in [2.24, 2.45) is 5.92 Å². The average molecular weight is 360 g/mol. The van der Waals surface area contributed by atoms with Crippen molar-refractivity contribution in [2.45, 2.75) is 31.9 Å². The van der Waals surface area contributed by atoms with E-state index in [0.29, 0.717) is 16.7 Å². The molecule has 2 aliphatic heterocycles. The van der Waals surface area contributed by atoms with Crippen LogP contribution in [0.2, 0.25) is 5.02 Å². The molecule has 4 rings (SSSR count). The highest BCUT2D eigenvalue weighted by Crippen LogP contribution is 2.50. The Kier molecular flexibility index (Phi) is 4.26. The van der Waals surface area contributed by atoms with E-state index < -0.39 is 0 Å². The molecule has 2 heterocycles. The molecular weight excluding hydrogens is 338 g/mol. The van der Waals surface area contributed by atoms with Crippen molar-refractivity contribution in [3.8, 4) is 11.5 Å². The van der Waals surface area contributed by atoms with E-state index in [-0.39, 0.29) is 17.9 Å². The second-order valence-electron chi connectivity index (χ2n) is 6.86. The van der Waals surface area contributed by atoms with E-state index in [2.05, 4.69) is 30.4 Å². The number of hydrogen-bond donors (Lipinski definition) is 2. The van der Waals surface area contributed by atoms with Gasteiger partial charge in [-0.2, -0.15) is 0 Å². The number of methoxy groups -OCH3 is 1. The third-order valence-corrected chi connectivity index (χ3v) is 5.54. The fraction of sp³-hybridized carbons (Fsp3) is 0.400. The lowest BCUT2D eigenvalue weighted by Crippen LogP contribution is -2.36. The maximum atomic E-state index is 10.0. The number of hydrogen-bond acceptors (Lipinski definition) is 4. The summed E-state index contributed by atoms with van der Waals surface area (Å²) in [5.74, 6) is 0.692. The molecule has 4 nitrogen and oxygen atoms in total. The minimum atomic E-state index is -0.0174. The van der Waals surface area contributed by atoms with Gasteiger partial charge in [0.05, 0.1) is 24.3 Å². The monoisotopic (exact) mass is 359 g/mol. The Balaban J connectivity index is 1.80. The van der Waals surface area contributed by atoms with Crippen LogP contribution in [0.4, 0.5) is 5.69 Å². The van der Waals surface area contributed by atoms with Crippen LogP contribution in [0, 0.1) is 12.8 Å². The molecule has 0 saturated carbocycles. The molecule has 0 amide bonds. The summed E-state index contributed by atoms with van der Waals surface area (Å²) in [6.45, 7) is 2.90. The lowest BCUT2D eigenvalue weighted by atomic mass is 9.77. The number of phenolic OH excluding ortho intramolecular Hbond substituents is 1. The fourth-order valence-corrected chi connectivity index (χ4v) is 4.27. The van der Waals surface area contributed by atoms with Gasteiger partial charge < -0.3 is 19.9 Å². The lowest BCUT2D eigenvalue weighted by Gasteiger charge is -2.43. The van der Waals surface area contributed by atoms with Crippen LogP contribution in [-0.4, -0.2) is 18.8 Å². The van der Waals surface area contributed by atoms with E-state index in [9.17, 15) is 5.11 Å². The van der Waals surface area contributed by atoms with Crippen LogP contribution >= 0.6 is 11.6 Å². The Bertz CT molecular complexity index is 808. The molecule has 0 bridgehead atoms. The van der Waals surface area contributed by atoms with Crippen molar-refractivity contribution in [1.82, 2.24) is 0 Å². The summed E-state index contributed by atoms with van der Waals surface area (Å²) in [4.78, 5) is 0. The minimum absolute atomic E-state index is 0.0174. The zero-order valence-electron chi connectivity index (χ0n) is 14.4. The summed E-state index contributed by atoms with van der Waals surface area (Å²) in [6.07, 6.45) is 2.20. The van der Waals surface area contributed by atoms with Crippen molar-refractivity contribution in [1.29, 1.82) is 0 Å². The summed E-state index contributed by atoms with van der Waals surface area (Å²) in [5, 5.41) is 14.0. The minimum Gasteiger partial charge on any atom is -0.503 e. The molecule has 3 atom stereocenters. The first-order chi connectivity index (χ1) is 12.1. The number of anilines is 1. The Morgan fingerprint density at radius 3 is 2.92 bits per heavy atom. The van der Waals surface area contributed by atoms with E-state index >= 15 is 0 Å². The van der Waals surface area contributed by atoms with Crippen LogP contribution in [0.3, 0.4) is 0 Å². The number of fused-ring (bicyclic) bond motifs is 3. The standard InChI is InChI=1S/C20H22ClNO3/c1-11-5-6-16-14(8-11)20-13(4-3-7-25-20)18(22-16)12-9-15(21)19(23)17(10-12)24-2/h5-6,8-10,13,18,20,22-23H,3-4,7H2,1-2H3. The SMILES string of the molecule is COc1cc(C2Nc3ccc(C)cc3C3OCCCC23)cc(Cl)c1O. The van der Waals surface area contributed by atoms with Gasteiger partial charge in [-0.15, -0.1) is 0 Å². The topological polar surface area (TPSA) is 50.7 Å². The molecule has 0 aromatic heterocycles. The average Bonchev–Trinajstić information content (AvgIpc) is 2.63. The molecule has 2 aromatic carbocycles. The van der Waals surface area contributed by atoms with Crippen LogP contribution < -0.4 is 10.1 Å². The van der Waals surface area contributed by atoms with Gasteiger partial charge in [-0.25, -0.2) is 0 Å². The number of halogens is 1. The van der Waals surface area contributed by atoms with Crippen LogP contribution in [0.5, 0.6) is 11.5 Å². The molecule has 2 aromatic rings. The Hall–Kier alpha value is -1.91. The molecule has 0 aliphatic carbocycles. The molecule has 132 valence electrons. The molecule has 2 N–H and O–H groups in total. The molecule has 1 fully saturated rings. The van der Waals surface area contributed by atoms with E-state index in [1.54, 1.807) is 0 Å². The van der Waals surface area contributed by atoms with Crippen LogP contribution in [-0.2, 0) is 4.74 Å². The van der Waals surface area contributed by atoms with Gasteiger partial charge in [0.1, 0.15) is 0 Å². The van der Waals surface area contributed by atoms with Gasteiger partial charge >= 0.3 is 0 Å². The second-order valence-corrected chi connectivity index (χ2v) is 7.27. The van der Waals surface area contributed by atoms with Crippen molar-refractivity contribution < 1.29 is 14.6 Å². The third-order valence-electron chi connectivity index (χ3n) is 5.25. The van der Waals surface area contributed by atoms with Crippen LogP contribution in [0.25, 0.3) is 0 Å². The van der Waals surface area contributed by atoms with Crippen LogP contribution in [0.1, 0.15) is 41.7 Å². The number of benzene rings is 2. The van der Waals surface area contributed by atoms with Crippen LogP contribution in [0.15, 0.2) is 30.3 Å². The summed E-state index contributed by atoms with van der Waals surface area (Å²) in [5.41, 5.74) is 4.58. The molecule has 25 heavy (non-hydrogen) atoms. The van der Waals surface area contributed by atoms with Crippen molar-refractivity contribution in [3.05, 3.63) is 52.0 Å². The van der Waals surface area contributed by atoms with Gasteiger partial charge in [0.2, 0.25) is 0 Å². The maximum Gasteiger partial charge on any atom is 0.176 e. The van der Waals surface area contributed by atoms with Gasteiger partial charge in [-0.05, 0) is 43.5 Å². The number of ether oxygens (including phenoxy) is 2. The van der Waals surface area contributed by atoms with Gasteiger partial charge in [0, 0.05) is 23.8 Å². The number of nitrogens with one attached hydrogen (secondary N) is 1. The quantitative estimate of drug-likeness (QED) is 0.792. The predicted octanol–water partition coefficient (Wildman–Crippen LogP) is 5.00. The first-order valence-corrected chi connectivity index (χ1v) is 9.01. The highest BCUT2D eigenvalue weighted by molar-refractivity contribution is 6.32. The third kappa shape index (κ3) is 2.83. The van der Waals surface area contributed by atoms with E-state index in [1.807, 2.05) is 12.1 Å². The van der Waals surface area contributed by atoms with Crippen molar-refractivity contribution in [2.75, 3.05) is 19.0 Å². The smallest absolute Gasteiger partial charge is 0.176 e. The predicted molar refractivity (Wildman–Crippen MR) is 98.6 cm³/mol. The van der Waals surface area contributed by atoms with Gasteiger partial charge in [0.25, 0.3) is 0 Å². The van der Waals surface area contributed by atoms with Gasteiger partial charge in [-0.3, -0.25) is 0 Å². The first kappa shape index (κ1) is 16.6. The largest absolute Gasteiger partial charge is 0.503 e. The fourth-order valence-electron chi connectivity index (χ4n) is 4.05. The highest BCUT2D eigenvalue weighted by Gasteiger charge is 2.40. The summed E-state index contributed by atoms with van der Waals surface area (Å²) >= 11 is 6.22. The molecular formula is C20H22ClNO3. The Morgan fingerprint density at radius 1 is 1.28 bits per heavy atom. The Morgan fingerprint density at radius 2 is 2.12 bits per heavy atom. The normalized spacial score (nSPS) is 24.8. The van der Waals surface area contributed by atoms with Crippen molar-refractivity contribution in [3.63, 3.8) is 0 Å². The Labute approximate surface area is 152 Å². The number of aromatic hydroxyl groups is 1. The lowest BCUT2D eigenvalue weighted by molar-refractivity contribution is -0.0381. The molecule has 0 radical (unpaired) electrons. The van der Waals surface area contributed by atoms with E-state index in [0.717, 1.165) is 30.7 Å². The van der Waals surface area contributed by atoms with Gasteiger partial charge in [0.15, 0.2) is 11.5 Å². The zero-order valence-corrected chi connectivity index (χ0v) is 15.1. The number of aryl methyl sites for hydroxylation is 1. The summed E-state index contributed by atoms with van der Waals surface area (Å²) in [7, 11) is 1.54. The molecule has 2 aliphatic rings. The zero-order chi connectivity index (χ0) is 17.6. The van der Waals surface area contributed by atoms with Gasteiger partial charge in [-0.1, -0.05) is 29.3 Å². The number of rotatable bonds is 2. The molecule has 3 unspecified atom stereocenters. The second kappa shape index (κ2) is 6.43. The maximum absolute atomic E-state index is 10.0. The highest BCUT2D eigenvalue weighted by atomic mass is 35.5. The molecule has 0 spiro atoms. The number of phenols is 1. The van der Waals surface area contributed by atoms with E-state index in [1.165, 1.54) is 18.2 Å². The summed E-state index contributed by atoms with van der Waals surface area (Å²) < 4.78 is 11.5. The summed E-state index contributed by atoms with van der Waals surface area (Å²) in [6, 6.07) is 10.2. The van der Waals surface area contributed by atoms with Crippen molar-refractivity contribution >= 4 is 17.3 Å². The molecule has 5 heteroatoms.